The number of amides is 1. The summed E-state index contributed by atoms with van der Waals surface area (Å²) in [7, 11) is 0. The van der Waals surface area contributed by atoms with Gasteiger partial charge in [0.25, 0.3) is 5.91 Å². The van der Waals surface area contributed by atoms with Crippen molar-refractivity contribution in [3.05, 3.63) is 76.9 Å². The zero-order chi connectivity index (χ0) is 19.6. The van der Waals surface area contributed by atoms with E-state index < -0.39 is 23.4 Å². The molecule has 138 valence electrons. The summed E-state index contributed by atoms with van der Waals surface area (Å²) in [5.74, 6) is -4.74. The van der Waals surface area contributed by atoms with Gasteiger partial charge in [-0.3, -0.25) is 4.79 Å². The molecule has 0 bridgehead atoms. The van der Waals surface area contributed by atoms with E-state index in [1.807, 2.05) is 32.0 Å². The van der Waals surface area contributed by atoms with Crippen LogP contribution in [0.5, 0.6) is 0 Å². The molecule has 1 heterocycles. The van der Waals surface area contributed by atoms with Crippen LogP contribution in [-0.2, 0) is 0 Å². The lowest BCUT2D eigenvalue weighted by Gasteiger charge is -2.09. The number of anilines is 3. The molecule has 1 aromatic heterocycles. The van der Waals surface area contributed by atoms with Crippen LogP contribution in [0.3, 0.4) is 0 Å². The molecule has 0 fully saturated rings. The lowest BCUT2D eigenvalue weighted by Crippen LogP contribution is -2.13. The first kappa shape index (κ1) is 18.4. The lowest BCUT2D eigenvalue weighted by molar-refractivity contribution is 0.102. The first-order valence-corrected chi connectivity index (χ1v) is 7.95. The molecule has 0 aliphatic rings. The topological polar surface area (TPSA) is 66.9 Å². The molecule has 8 heteroatoms. The molecule has 27 heavy (non-hydrogen) atoms. The molecule has 3 aromatic rings. The quantitative estimate of drug-likeness (QED) is 0.662. The molecule has 0 aliphatic carbocycles. The Bertz CT molecular complexity index is 986. The van der Waals surface area contributed by atoms with Gasteiger partial charge in [0.1, 0.15) is 0 Å². The second-order valence-electron chi connectivity index (χ2n) is 5.97. The minimum atomic E-state index is -1.59. The SMILES string of the molecule is Cc1cc(C)cc(NC(=O)c2cnc(Nc3ccc(F)c(F)c3F)nc2)c1. The van der Waals surface area contributed by atoms with Crippen LogP contribution in [0.4, 0.5) is 30.5 Å². The van der Waals surface area contributed by atoms with Gasteiger partial charge < -0.3 is 10.6 Å². The highest BCUT2D eigenvalue weighted by Gasteiger charge is 2.14. The van der Waals surface area contributed by atoms with E-state index in [2.05, 4.69) is 20.6 Å². The van der Waals surface area contributed by atoms with Crippen molar-refractivity contribution in [2.45, 2.75) is 13.8 Å². The monoisotopic (exact) mass is 372 g/mol. The van der Waals surface area contributed by atoms with E-state index in [1.165, 1.54) is 12.4 Å². The molecule has 0 unspecified atom stereocenters. The Kier molecular flexibility index (Phi) is 5.07. The van der Waals surface area contributed by atoms with Gasteiger partial charge in [-0.25, -0.2) is 23.1 Å². The Labute approximate surface area is 153 Å². The molecule has 0 saturated carbocycles. The Hall–Kier alpha value is -3.42. The number of benzene rings is 2. The van der Waals surface area contributed by atoms with Crippen LogP contribution in [0, 0.1) is 31.3 Å². The highest BCUT2D eigenvalue weighted by atomic mass is 19.2. The third-order valence-corrected chi connectivity index (χ3v) is 3.68. The zero-order valence-corrected chi connectivity index (χ0v) is 14.5. The van der Waals surface area contributed by atoms with Gasteiger partial charge in [0.15, 0.2) is 17.5 Å². The zero-order valence-electron chi connectivity index (χ0n) is 14.5. The van der Waals surface area contributed by atoms with Crippen LogP contribution in [0.1, 0.15) is 21.5 Å². The Morgan fingerprint density at radius 1 is 0.926 bits per heavy atom. The summed E-state index contributed by atoms with van der Waals surface area (Å²) in [5.41, 5.74) is 2.53. The maximum Gasteiger partial charge on any atom is 0.258 e. The summed E-state index contributed by atoms with van der Waals surface area (Å²) in [6, 6.07) is 7.45. The Balaban J connectivity index is 1.73. The third kappa shape index (κ3) is 4.22. The molecule has 3 rings (SSSR count). The summed E-state index contributed by atoms with van der Waals surface area (Å²) >= 11 is 0. The number of rotatable bonds is 4. The van der Waals surface area contributed by atoms with Crippen LogP contribution in [0.15, 0.2) is 42.7 Å². The molecule has 0 spiro atoms. The molecule has 0 radical (unpaired) electrons. The van der Waals surface area contributed by atoms with Crippen molar-refractivity contribution in [3.63, 3.8) is 0 Å². The van der Waals surface area contributed by atoms with E-state index in [9.17, 15) is 18.0 Å². The first-order valence-electron chi connectivity index (χ1n) is 7.95. The standard InChI is InChI=1S/C19H15F3N4O/c1-10-5-11(2)7-13(6-10)25-18(27)12-8-23-19(24-9-12)26-15-4-3-14(20)16(21)17(15)22/h3-9H,1-2H3,(H,25,27)(H,23,24,26). The number of carbonyl (C=O) groups is 1. The average molecular weight is 372 g/mol. The van der Waals surface area contributed by atoms with Crippen molar-refractivity contribution in [3.8, 4) is 0 Å². The number of carbonyl (C=O) groups excluding carboxylic acids is 1. The number of nitrogens with one attached hydrogen (secondary N) is 2. The van der Waals surface area contributed by atoms with Crippen LogP contribution in [0.25, 0.3) is 0 Å². The summed E-state index contributed by atoms with van der Waals surface area (Å²) in [4.78, 5) is 20.1. The van der Waals surface area contributed by atoms with Gasteiger partial charge >= 0.3 is 0 Å². The van der Waals surface area contributed by atoms with Crippen molar-refractivity contribution < 1.29 is 18.0 Å². The van der Waals surface area contributed by atoms with E-state index in [4.69, 9.17) is 0 Å². The summed E-state index contributed by atoms with van der Waals surface area (Å²) in [6.07, 6.45) is 2.48. The van der Waals surface area contributed by atoms with E-state index in [1.54, 1.807) is 0 Å². The number of aromatic nitrogens is 2. The van der Waals surface area contributed by atoms with Crippen molar-refractivity contribution in [1.82, 2.24) is 9.97 Å². The maximum absolute atomic E-state index is 13.7. The van der Waals surface area contributed by atoms with Crippen molar-refractivity contribution in [2.75, 3.05) is 10.6 Å². The van der Waals surface area contributed by atoms with Crippen molar-refractivity contribution >= 4 is 23.2 Å². The Morgan fingerprint density at radius 2 is 1.56 bits per heavy atom. The van der Waals surface area contributed by atoms with E-state index in [0.29, 0.717) is 5.69 Å². The molecule has 0 aliphatic heterocycles. The summed E-state index contributed by atoms with van der Waals surface area (Å²) < 4.78 is 39.9. The highest BCUT2D eigenvalue weighted by Crippen LogP contribution is 2.22. The molecular formula is C19H15F3N4O. The van der Waals surface area contributed by atoms with Crippen LogP contribution < -0.4 is 10.6 Å². The largest absolute Gasteiger partial charge is 0.322 e. The van der Waals surface area contributed by atoms with Gasteiger partial charge in [0.2, 0.25) is 5.95 Å². The molecule has 2 N–H and O–H groups in total. The molecule has 2 aromatic carbocycles. The lowest BCUT2D eigenvalue weighted by atomic mass is 10.1. The molecule has 0 saturated heterocycles. The van der Waals surface area contributed by atoms with Crippen molar-refractivity contribution in [2.24, 2.45) is 0 Å². The van der Waals surface area contributed by atoms with Gasteiger partial charge in [-0.05, 0) is 49.2 Å². The number of nitrogens with zero attached hydrogens (tertiary/aromatic N) is 2. The fraction of sp³-hybridized carbons (Fsp3) is 0.105. The first-order chi connectivity index (χ1) is 12.8. The second kappa shape index (κ2) is 7.45. The molecule has 1 amide bonds. The van der Waals surface area contributed by atoms with Crippen LogP contribution in [-0.4, -0.2) is 15.9 Å². The van der Waals surface area contributed by atoms with E-state index >= 15 is 0 Å². The third-order valence-electron chi connectivity index (χ3n) is 3.68. The van der Waals surface area contributed by atoms with Crippen LogP contribution in [0.2, 0.25) is 0 Å². The predicted molar refractivity (Wildman–Crippen MR) is 95.5 cm³/mol. The van der Waals surface area contributed by atoms with Gasteiger partial charge in [-0.2, -0.15) is 0 Å². The fourth-order valence-electron chi connectivity index (χ4n) is 2.50. The minimum Gasteiger partial charge on any atom is -0.322 e. The number of halogens is 3. The maximum atomic E-state index is 13.7. The number of hydrogen-bond donors (Lipinski definition) is 2. The second-order valence-corrected chi connectivity index (χ2v) is 5.97. The number of hydrogen-bond acceptors (Lipinski definition) is 4. The minimum absolute atomic E-state index is 0.0668. The van der Waals surface area contributed by atoms with E-state index in [0.717, 1.165) is 23.3 Å². The summed E-state index contributed by atoms with van der Waals surface area (Å²) in [6.45, 7) is 3.84. The highest BCUT2D eigenvalue weighted by molar-refractivity contribution is 6.04. The molecule has 5 nitrogen and oxygen atoms in total. The normalized spacial score (nSPS) is 10.6. The van der Waals surface area contributed by atoms with Gasteiger partial charge in [-0.1, -0.05) is 6.07 Å². The van der Waals surface area contributed by atoms with E-state index in [-0.39, 0.29) is 17.2 Å². The predicted octanol–water partition coefficient (Wildman–Crippen LogP) is 4.51. The fourth-order valence-corrected chi connectivity index (χ4v) is 2.50. The molecular weight excluding hydrogens is 357 g/mol. The van der Waals surface area contributed by atoms with Crippen LogP contribution >= 0.6 is 0 Å². The van der Waals surface area contributed by atoms with Crippen molar-refractivity contribution in [1.29, 1.82) is 0 Å². The Morgan fingerprint density at radius 3 is 2.19 bits per heavy atom. The van der Waals surface area contributed by atoms with Gasteiger partial charge in [0, 0.05) is 18.1 Å². The average Bonchev–Trinajstić information content (AvgIpc) is 2.62. The molecule has 0 atom stereocenters. The van der Waals surface area contributed by atoms with Gasteiger partial charge in [-0.15, -0.1) is 0 Å². The van der Waals surface area contributed by atoms with Gasteiger partial charge in [0.05, 0.1) is 11.3 Å². The smallest absolute Gasteiger partial charge is 0.258 e. The summed E-state index contributed by atoms with van der Waals surface area (Å²) in [5, 5.41) is 5.18. The number of aryl methyl sites for hydroxylation is 2.